The van der Waals surface area contributed by atoms with Crippen molar-refractivity contribution in [2.24, 2.45) is 0 Å². The zero-order valence-corrected chi connectivity index (χ0v) is 18.0. The third-order valence-electron chi connectivity index (χ3n) is 4.67. The number of carbonyl (C=O) groups excluding carboxylic acids is 1. The van der Waals surface area contributed by atoms with E-state index in [1.807, 2.05) is 54.0 Å². The summed E-state index contributed by atoms with van der Waals surface area (Å²) in [7, 11) is 0. The van der Waals surface area contributed by atoms with Gasteiger partial charge in [0.15, 0.2) is 16.7 Å². The predicted molar refractivity (Wildman–Crippen MR) is 116 cm³/mol. The molecule has 30 heavy (non-hydrogen) atoms. The first-order chi connectivity index (χ1) is 14.7. The molecule has 3 aromatic rings. The number of rotatable bonds is 7. The topological polar surface area (TPSA) is 69.5 Å². The molecule has 7 nitrogen and oxygen atoms in total. The van der Waals surface area contributed by atoms with E-state index in [4.69, 9.17) is 21.1 Å². The fourth-order valence-corrected chi connectivity index (χ4v) is 4.20. The van der Waals surface area contributed by atoms with E-state index in [9.17, 15) is 4.79 Å². The van der Waals surface area contributed by atoms with Gasteiger partial charge in [0.2, 0.25) is 5.91 Å². The number of halogens is 1. The van der Waals surface area contributed by atoms with Crippen molar-refractivity contribution < 1.29 is 14.3 Å². The highest BCUT2D eigenvalue weighted by molar-refractivity contribution is 7.99. The van der Waals surface area contributed by atoms with Crippen LogP contribution in [-0.2, 0) is 11.3 Å². The summed E-state index contributed by atoms with van der Waals surface area (Å²) in [6, 6.07) is 13.2. The summed E-state index contributed by atoms with van der Waals surface area (Å²) in [5.41, 5.74) is 1.79. The summed E-state index contributed by atoms with van der Waals surface area (Å²) in [5.74, 6) is 1.71. The molecule has 1 amide bonds. The van der Waals surface area contributed by atoms with E-state index >= 15 is 0 Å². The van der Waals surface area contributed by atoms with E-state index in [0.29, 0.717) is 36.5 Å². The molecule has 2 heterocycles. The van der Waals surface area contributed by atoms with Gasteiger partial charge in [0.05, 0.1) is 11.4 Å². The molecule has 0 saturated carbocycles. The lowest BCUT2D eigenvalue weighted by molar-refractivity contribution is -0.128. The van der Waals surface area contributed by atoms with Gasteiger partial charge in [-0.25, -0.2) is 0 Å². The van der Waals surface area contributed by atoms with E-state index in [2.05, 4.69) is 10.2 Å². The molecule has 0 fully saturated rings. The Morgan fingerprint density at radius 3 is 2.90 bits per heavy atom. The van der Waals surface area contributed by atoms with Crippen molar-refractivity contribution in [2.45, 2.75) is 18.6 Å². The number of amides is 1. The zero-order valence-electron chi connectivity index (χ0n) is 16.5. The summed E-state index contributed by atoms with van der Waals surface area (Å²) in [6.45, 7) is 4.06. The second-order valence-corrected chi connectivity index (χ2v) is 7.98. The Bertz CT molecular complexity index is 1040. The van der Waals surface area contributed by atoms with Crippen LogP contribution in [-0.4, -0.2) is 51.1 Å². The maximum Gasteiger partial charge on any atom is 0.233 e. The van der Waals surface area contributed by atoms with Gasteiger partial charge in [-0.15, -0.1) is 10.2 Å². The van der Waals surface area contributed by atoms with Crippen LogP contribution in [0.3, 0.4) is 0 Å². The maximum atomic E-state index is 12.9. The molecule has 1 aromatic heterocycles. The number of nitrogens with zero attached hydrogens (tertiary/aromatic N) is 4. The molecule has 4 rings (SSSR count). The minimum atomic E-state index is 0.0116. The van der Waals surface area contributed by atoms with Crippen molar-refractivity contribution in [3.63, 3.8) is 0 Å². The van der Waals surface area contributed by atoms with Crippen molar-refractivity contribution >= 4 is 29.3 Å². The lowest BCUT2D eigenvalue weighted by atomic mass is 10.1. The van der Waals surface area contributed by atoms with Gasteiger partial charge in [-0.1, -0.05) is 41.6 Å². The van der Waals surface area contributed by atoms with Gasteiger partial charge in [-0.05, 0) is 31.2 Å². The molecule has 0 saturated heterocycles. The molecular formula is C21H21ClN4O3S. The summed E-state index contributed by atoms with van der Waals surface area (Å²) < 4.78 is 13.2. The van der Waals surface area contributed by atoms with E-state index in [1.165, 1.54) is 11.8 Å². The van der Waals surface area contributed by atoms with Crippen LogP contribution < -0.4 is 9.47 Å². The van der Waals surface area contributed by atoms with Crippen molar-refractivity contribution in [2.75, 3.05) is 25.5 Å². The lowest BCUT2D eigenvalue weighted by Crippen LogP contribution is -2.32. The molecule has 0 aliphatic carbocycles. The first-order valence-corrected chi connectivity index (χ1v) is 11.0. The van der Waals surface area contributed by atoms with Crippen molar-refractivity contribution in [1.82, 2.24) is 19.7 Å². The molecule has 0 bridgehead atoms. The molecule has 1 aliphatic rings. The monoisotopic (exact) mass is 444 g/mol. The third-order valence-corrected chi connectivity index (χ3v) is 5.83. The second kappa shape index (κ2) is 9.40. The number of hydrogen-bond donors (Lipinski definition) is 0. The lowest BCUT2D eigenvalue weighted by Gasteiger charge is -2.25. The van der Waals surface area contributed by atoms with E-state index in [-0.39, 0.29) is 11.7 Å². The van der Waals surface area contributed by atoms with E-state index in [0.717, 1.165) is 22.7 Å². The Morgan fingerprint density at radius 1 is 1.23 bits per heavy atom. The Labute approximate surface area is 183 Å². The number of hydrogen-bond acceptors (Lipinski definition) is 6. The van der Waals surface area contributed by atoms with Gasteiger partial charge < -0.3 is 14.4 Å². The van der Waals surface area contributed by atoms with Gasteiger partial charge >= 0.3 is 0 Å². The fourth-order valence-electron chi connectivity index (χ4n) is 3.18. The highest BCUT2D eigenvalue weighted by atomic mass is 35.5. The van der Waals surface area contributed by atoms with Gasteiger partial charge in [-0.2, -0.15) is 0 Å². The normalized spacial score (nSPS) is 12.6. The molecule has 0 N–H and O–H groups in total. The molecule has 0 radical (unpaired) electrons. The number of fused-ring (bicyclic) bond motifs is 1. The van der Waals surface area contributed by atoms with Crippen LogP contribution in [0.25, 0.3) is 5.69 Å². The summed E-state index contributed by atoms with van der Waals surface area (Å²) in [6.07, 6.45) is 1.61. The number of para-hydroxylation sites is 1. The second-order valence-electron chi connectivity index (χ2n) is 6.60. The standard InChI is InChI=1S/C21H21ClN4O3S/c1-2-25(12-15-5-3-8-18-20(15)29-10-9-28-18)19(27)13-30-21-24-23-14-26(21)17-7-4-6-16(22)11-17/h3-8,11,14H,2,9-10,12-13H2,1H3. The van der Waals surface area contributed by atoms with Gasteiger partial charge in [0, 0.05) is 23.7 Å². The van der Waals surface area contributed by atoms with Crippen molar-refractivity contribution in [3.05, 3.63) is 59.4 Å². The van der Waals surface area contributed by atoms with E-state index in [1.54, 1.807) is 11.2 Å². The summed E-state index contributed by atoms with van der Waals surface area (Å²) >= 11 is 7.43. The minimum Gasteiger partial charge on any atom is -0.486 e. The highest BCUT2D eigenvalue weighted by Crippen LogP contribution is 2.34. The quantitative estimate of drug-likeness (QED) is 0.516. The van der Waals surface area contributed by atoms with Gasteiger partial charge in [0.25, 0.3) is 0 Å². The highest BCUT2D eigenvalue weighted by Gasteiger charge is 2.20. The Kier molecular flexibility index (Phi) is 6.44. The number of benzene rings is 2. The van der Waals surface area contributed by atoms with Crippen LogP contribution in [0.5, 0.6) is 11.5 Å². The Hall–Kier alpha value is -2.71. The average molecular weight is 445 g/mol. The van der Waals surface area contributed by atoms with Crippen LogP contribution in [0, 0.1) is 0 Å². The van der Waals surface area contributed by atoms with Crippen LogP contribution in [0.15, 0.2) is 53.9 Å². The maximum absolute atomic E-state index is 12.9. The summed E-state index contributed by atoms with van der Waals surface area (Å²) in [5, 5.41) is 9.39. The van der Waals surface area contributed by atoms with Gasteiger partial charge in [-0.3, -0.25) is 9.36 Å². The minimum absolute atomic E-state index is 0.0116. The molecule has 156 valence electrons. The Morgan fingerprint density at radius 2 is 2.07 bits per heavy atom. The smallest absolute Gasteiger partial charge is 0.233 e. The van der Waals surface area contributed by atoms with Gasteiger partial charge in [0.1, 0.15) is 19.5 Å². The molecule has 2 aromatic carbocycles. The fraction of sp³-hybridized carbons (Fsp3) is 0.286. The van der Waals surface area contributed by atoms with Crippen LogP contribution in [0.1, 0.15) is 12.5 Å². The molecule has 9 heteroatoms. The molecule has 0 spiro atoms. The molecule has 0 atom stereocenters. The number of thioether (sulfide) groups is 1. The van der Waals surface area contributed by atoms with E-state index < -0.39 is 0 Å². The first kappa shape index (κ1) is 20.6. The predicted octanol–water partition coefficient (Wildman–Crippen LogP) is 3.83. The zero-order chi connectivity index (χ0) is 20.9. The van der Waals surface area contributed by atoms with Crippen molar-refractivity contribution in [3.8, 4) is 17.2 Å². The number of aromatic nitrogens is 3. The Balaban J connectivity index is 1.44. The third kappa shape index (κ3) is 4.55. The van der Waals surface area contributed by atoms with Crippen LogP contribution in [0.2, 0.25) is 5.02 Å². The summed E-state index contributed by atoms with van der Waals surface area (Å²) in [4.78, 5) is 14.7. The molecule has 1 aliphatic heterocycles. The van der Waals surface area contributed by atoms with Crippen molar-refractivity contribution in [1.29, 1.82) is 0 Å². The van der Waals surface area contributed by atoms with Crippen LogP contribution in [0.4, 0.5) is 0 Å². The molecular weight excluding hydrogens is 424 g/mol. The number of ether oxygens (including phenoxy) is 2. The average Bonchev–Trinajstić information content (AvgIpc) is 3.24. The first-order valence-electron chi connectivity index (χ1n) is 9.59. The van der Waals surface area contributed by atoms with Crippen LogP contribution >= 0.6 is 23.4 Å². The molecule has 0 unspecified atom stereocenters. The number of carbonyl (C=O) groups is 1. The SMILES string of the molecule is CCN(Cc1cccc2c1OCCO2)C(=O)CSc1nncn1-c1cccc(Cl)c1. The largest absolute Gasteiger partial charge is 0.486 e.